The zero-order valence-electron chi connectivity index (χ0n) is 12.8. The van der Waals surface area contributed by atoms with Crippen LogP contribution in [0.5, 0.6) is 5.88 Å². The van der Waals surface area contributed by atoms with E-state index in [9.17, 15) is 0 Å². The number of piperidine rings is 1. The lowest BCUT2D eigenvalue weighted by molar-refractivity contribution is -0.122. The molecule has 0 spiro atoms. The highest BCUT2D eigenvalue weighted by Crippen LogP contribution is 2.17. The number of aliphatic hydroxyl groups excluding tert-OH is 1. The Bertz CT molecular complexity index is 425. The predicted octanol–water partition coefficient (Wildman–Crippen LogP) is 0.302. The van der Waals surface area contributed by atoms with Crippen molar-refractivity contribution in [3.05, 3.63) is 12.4 Å². The van der Waals surface area contributed by atoms with Crippen LogP contribution >= 0.6 is 0 Å². The standard InChI is InChI=1S/C13H22N4O2.CH2O2/c1-19-13-12(14-4-5-16-13)15-6-9-17-7-2-11(10-18)3-8-17;2-1-3/h4-5,11,18H,2-3,6-10H2,1H3,(H,14,15);1H,(H,2,3). The Morgan fingerprint density at radius 1 is 1.41 bits per heavy atom. The van der Waals surface area contributed by atoms with Gasteiger partial charge in [-0.05, 0) is 31.8 Å². The minimum absolute atomic E-state index is 0.250. The van der Waals surface area contributed by atoms with E-state index in [0.717, 1.165) is 39.0 Å². The fourth-order valence-corrected chi connectivity index (χ4v) is 2.32. The van der Waals surface area contributed by atoms with E-state index in [1.165, 1.54) is 0 Å². The number of nitrogens with one attached hydrogen (secondary N) is 1. The Morgan fingerprint density at radius 2 is 2.05 bits per heavy atom. The molecule has 3 N–H and O–H groups in total. The van der Waals surface area contributed by atoms with Gasteiger partial charge in [-0.2, -0.15) is 0 Å². The van der Waals surface area contributed by atoms with Crippen LogP contribution < -0.4 is 10.1 Å². The van der Waals surface area contributed by atoms with Gasteiger partial charge in [0.05, 0.1) is 7.11 Å². The highest BCUT2D eigenvalue weighted by Gasteiger charge is 2.17. The highest BCUT2D eigenvalue weighted by molar-refractivity contribution is 5.44. The lowest BCUT2D eigenvalue weighted by Gasteiger charge is -2.31. The Labute approximate surface area is 130 Å². The van der Waals surface area contributed by atoms with E-state index in [1.54, 1.807) is 19.5 Å². The summed E-state index contributed by atoms with van der Waals surface area (Å²) in [4.78, 5) is 19.1. The highest BCUT2D eigenvalue weighted by atomic mass is 16.5. The SMILES string of the molecule is COc1nccnc1NCCN1CCC(CO)CC1.O=CO. The first kappa shape index (κ1) is 18.1. The number of hydrogen-bond acceptors (Lipinski definition) is 7. The molecule has 1 aromatic rings. The van der Waals surface area contributed by atoms with Crippen molar-refractivity contribution in [2.24, 2.45) is 5.92 Å². The first-order valence-corrected chi connectivity index (χ1v) is 7.25. The second-order valence-electron chi connectivity index (χ2n) is 4.91. The molecule has 1 saturated heterocycles. The maximum Gasteiger partial charge on any atom is 0.290 e. The van der Waals surface area contributed by atoms with Crippen LogP contribution in [0, 0.1) is 5.92 Å². The largest absolute Gasteiger partial charge is 0.483 e. The zero-order chi connectivity index (χ0) is 16.2. The van der Waals surface area contributed by atoms with Crippen LogP contribution in [0.1, 0.15) is 12.8 Å². The summed E-state index contributed by atoms with van der Waals surface area (Å²) in [6, 6.07) is 0. The smallest absolute Gasteiger partial charge is 0.290 e. The molecule has 1 aliphatic rings. The molecule has 0 unspecified atom stereocenters. The number of carbonyl (C=O) groups is 1. The van der Waals surface area contributed by atoms with Crippen molar-refractivity contribution in [2.75, 3.05) is 45.2 Å². The fraction of sp³-hybridized carbons (Fsp3) is 0.643. The molecule has 0 bridgehead atoms. The molecule has 2 heterocycles. The summed E-state index contributed by atoms with van der Waals surface area (Å²) in [5.74, 6) is 1.71. The second kappa shape index (κ2) is 10.7. The van der Waals surface area contributed by atoms with Crippen LogP contribution in [0.2, 0.25) is 0 Å². The summed E-state index contributed by atoms with van der Waals surface area (Å²) in [5, 5.41) is 19.2. The molecule has 0 radical (unpaired) electrons. The third kappa shape index (κ3) is 6.23. The van der Waals surface area contributed by atoms with Crippen molar-refractivity contribution in [3.63, 3.8) is 0 Å². The molecule has 1 fully saturated rings. The van der Waals surface area contributed by atoms with Gasteiger partial charge in [-0.25, -0.2) is 9.97 Å². The van der Waals surface area contributed by atoms with Crippen LogP contribution in [0.4, 0.5) is 5.82 Å². The molecule has 22 heavy (non-hydrogen) atoms. The molecule has 8 nitrogen and oxygen atoms in total. The van der Waals surface area contributed by atoms with E-state index in [2.05, 4.69) is 20.2 Å². The summed E-state index contributed by atoms with van der Waals surface area (Å²) in [5.41, 5.74) is 0. The van der Waals surface area contributed by atoms with Crippen molar-refractivity contribution in [2.45, 2.75) is 12.8 Å². The minimum atomic E-state index is -0.250. The Kier molecular flexibility index (Phi) is 8.85. The molecule has 124 valence electrons. The van der Waals surface area contributed by atoms with Crippen LogP contribution in [-0.4, -0.2) is 71.4 Å². The van der Waals surface area contributed by atoms with Gasteiger partial charge >= 0.3 is 0 Å². The lowest BCUT2D eigenvalue weighted by Crippen LogP contribution is -2.37. The van der Waals surface area contributed by atoms with Gasteiger partial charge in [0.1, 0.15) is 0 Å². The number of methoxy groups -OCH3 is 1. The third-order valence-corrected chi connectivity index (χ3v) is 3.54. The summed E-state index contributed by atoms with van der Waals surface area (Å²) in [6.07, 6.45) is 5.44. The summed E-state index contributed by atoms with van der Waals surface area (Å²) >= 11 is 0. The molecule has 1 aromatic heterocycles. The number of rotatable bonds is 6. The average Bonchev–Trinajstić information content (AvgIpc) is 2.56. The van der Waals surface area contributed by atoms with Gasteiger partial charge in [0.15, 0.2) is 5.82 Å². The maximum absolute atomic E-state index is 9.10. The van der Waals surface area contributed by atoms with Crippen molar-refractivity contribution >= 4 is 12.3 Å². The Balaban J connectivity index is 0.000000745. The number of anilines is 1. The van der Waals surface area contributed by atoms with Crippen molar-refractivity contribution in [3.8, 4) is 5.88 Å². The van der Waals surface area contributed by atoms with Crippen molar-refractivity contribution < 1.29 is 19.7 Å². The number of likely N-dealkylation sites (tertiary alicyclic amines) is 1. The van der Waals surface area contributed by atoms with Gasteiger partial charge in [-0.15, -0.1) is 0 Å². The van der Waals surface area contributed by atoms with E-state index < -0.39 is 0 Å². The normalized spacial score (nSPS) is 15.5. The van der Waals surface area contributed by atoms with E-state index in [-0.39, 0.29) is 6.47 Å². The van der Waals surface area contributed by atoms with E-state index in [4.69, 9.17) is 19.7 Å². The number of carboxylic acid groups (broad SMARTS) is 1. The predicted molar refractivity (Wildman–Crippen MR) is 82.0 cm³/mol. The first-order chi connectivity index (χ1) is 10.7. The Hall–Kier alpha value is -1.93. The number of aliphatic hydroxyl groups is 1. The summed E-state index contributed by atoms with van der Waals surface area (Å²) < 4.78 is 5.14. The van der Waals surface area contributed by atoms with Gasteiger partial charge in [0.2, 0.25) is 0 Å². The van der Waals surface area contributed by atoms with Gasteiger partial charge in [0.25, 0.3) is 12.4 Å². The van der Waals surface area contributed by atoms with E-state index in [1.807, 2.05) is 0 Å². The van der Waals surface area contributed by atoms with Crippen molar-refractivity contribution in [1.82, 2.24) is 14.9 Å². The average molecular weight is 312 g/mol. The molecule has 0 atom stereocenters. The van der Waals surface area contributed by atoms with E-state index >= 15 is 0 Å². The maximum atomic E-state index is 9.10. The Morgan fingerprint density at radius 3 is 2.64 bits per heavy atom. The van der Waals surface area contributed by atoms with Crippen LogP contribution in [0.3, 0.4) is 0 Å². The van der Waals surface area contributed by atoms with Gasteiger partial charge < -0.3 is 25.2 Å². The molecule has 8 heteroatoms. The lowest BCUT2D eigenvalue weighted by atomic mass is 9.98. The van der Waals surface area contributed by atoms with E-state index in [0.29, 0.717) is 24.2 Å². The molecular formula is C14H24N4O4. The van der Waals surface area contributed by atoms with Gasteiger partial charge in [-0.3, -0.25) is 4.79 Å². The fourth-order valence-electron chi connectivity index (χ4n) is 2.32. The third-order valence-electron chi connectivity index (χ3n) is 3.54. The van der Waals surface area contributed by atoms with Crippen LogP contribution in [0.25, 0.3) is 0 Å². The number of hydrogen-bond donors (Lipinski definition) is 3. The monoisotopic (exact) mass is 312 g/mol. The first-order valence-electron chi connectivity index (χ1n) is 7.25. The summed E-state index contributed by atoms with van der Waals surface area (Å²) in [6.45, 7) is 3.98. The number of aromatic nitrogens is 2. The molecule has 2 rings (SSSR count). The molecule has 0 saturated carbocycles. The van der Waals surface area contributed by atoms with Gasteiger partial charge in [0, 0.05) is 32.1 Å². The zero-order valence-corrected chi connectivity index (χ0v) is 12.8. The number of nitrogens with zero attached hydrogens (tertiary/aromatic N) is 3. The topological polar surface area (TPSA) is 108 Å². The number of ether oxygens (including phenoxy) is 1. The van der Waals surface area contributed by atoms with Gasteiger partial charge in [-0.1, -0.05) is 0 Å². The summed E-state index contributed by atoms with van der Waals surface area (Å²) in [7, 11) is 1.59. The second-order valence-corrected chi connectivity index (χ2v) is 4.91. The minimum Gasteiger partial charge on any atom is -0.483 e. The van der Waals surface area contributed by atoms with Crippen LogP contribution in [0.15, 0.2) is 12.4 Å². The molecule has 0 amide bonds. The molecular weight excluding hydrogens is 288 g/mol. The quantitative estimate of drug-likeness (QED) is 0.644. The van der Waals surface area contributed by atoms with Crippen LogP contribution in [-0.2, 0) is 4.79 Å². The molecule has 1 aliphatic heterocycles. The molecule has 0 aliphatic carbocycles. The van der Waals surface area contributed by atoms with Crippen molar-refractivity contribution in [1.29, 1.82) is 0 Å². The molecule has 0 aromatic carbocycles.